The highest BCUT2D eigenvalue weighted by Gasteiger charge is 2.66. The Bertz CT molecular complexity index is 667. The van der Waals surface area contributed by atoms with E-state index in [1.165, 1.54) is 37.7 Å². The molecule has 172 valence electrons. The second kappa shape index (κ2) is 7.89. The quantitative estimate of drug-likeness (QED) is 0.398. The highest BCUT2D eigenvalue weighted by atomic mass is 16.5. The van der Waals surface area contributed by atoms with E-state index in [1.54, 1.807) is 0 Å². The minimum atomic E-state index is -1.60. The molecule has 3 fully saturated rings. The molecule has 0 aromatic carbocycles. The number of hydrogen-bond acceptors (Lipinski definition) is 3. The van der Waals surface area contributed by atoms with Crippen LogP contribution in [0.3, 0.4) is 0 Å². The summed E-state index contributed by atoms with van der Waals surface area (Å²) in [6, 6.07) is 0. The second-order valence-corrected chi connectivity index (χ2v) is 12.6. The summed E-state index contributed by atoms with van der Waals surface area (Å²) in [6.45, 7) is 11.7. The van der Waals surface area contributed by atoms with Crippen LogP contribution in [0.2, 0.25) is 0 Å². The zero-order chi connectivity index (χ0) is 21.9. The average Bonchev–Trinajstić information content (AvgIpc) is 2.97. The minimum absolute atomic E-state index is 0.0256. The van der Waals surface area contributed by atoms with Gasteiger partial charge in [-0.2, -0.15) is 0 Å². The zero-order valence-corrected chi connectivity index (χ0v) is 20.0. The number of aliphatic hydroxyl groups is 3. The van der Waals surface area contributed by atoms with Crippen molar-refractivity contribution >= 4 is 0 Å². The summed E-state index contributed by atoms with van der Waals surface area (Å²) in [6.07, 6.45) is 12.3. The Morgan fingerprint density at radius 3 is 2.50 bits per heavy atom. The van der Waals surface area contributed by atoms with Crippen LogP contribution in [0.4, 0.5) is 0 Å². The maximum absolute atomic E-state index is 11.6. The van der Waals surface area contributed by atoms with Crippen LogP contribution >= 0.6 is 0 Å². The van der Waals surface area contributed by atoms with Gasteiger partial charge >= 0.3 is 0 Å². The minimum Gasteiger partial charge on any atom is -0.393 e. The van der Waals surface area contributed by atoms with Crippen LogP contribution in [0.1, 0.15) is 98.8 Å². The number of hydrogen-bond donors (Lipinski definition) is 3. The van der Waals surface area contributed by atoms with E-state index in [-0.39, 0.29) is 22.9 Å². The van der Waals surface area contributed by atoms with Crippen LogP contribution in [-0.4, -0.2) is 27.2 Å². The lowest BCUT2D eigenvalue weighted by Crippen LogP contribution is -2.62. The van der Waals surface area contributed by atoms with Gasteiger partial charge in [-0.3, -0.25) is 0 Å². The topological polar surface area (TPSA) is 60.7 Å². The van der Waals surface area contributed by atoms with Crippen molar-refractivity contribution < 1.29 is 15.3 Å². The zero-order valence-electron chi connectivity index (χ0n) is 20.0. The average molecular weight is 419 g/mol. The molecule has 4 aliphatic rings. The summed E-state index contributed by atoms with van der Waals surface area (Å²) >= 11 is 0. The number of rotatable bonds is 5. The standard InChI is InChI=1S/C27H46O3/c1-17(2)7-6-8-18(3)22-11-12-23-21-10-9-19-15-20(28)13-14-25(19,4)24(21)27(29,30)16-26(22,23)5/h9,17-18,20-24,28-30H,6-8,10-16H2,1-5H3/t18-,20+,21+,22-,23+,24+,25+,26-/m1/s1. The van der Waals surface area contributed by atoms with Gasteiger partial charge in [-0.25, -0.2) is 0 Å². The van der Waals surface area contributed by atoms with Crippen molar-refractivity contribution in [3.63, 3.8) is 0 Å². The normalized spacial score (nSPS) is 46.0. The number of aliphatic hydroxyl groups excluding tert-OH is 1. The van der Waals surface area contributed by atoms with Crippen molar-refractivity contribution in [1.82, 2.24) is 0 Å². The second-order valence-electron chi connectivity index (χ2n) is 12.6. The lowest BCUT2D eigenvalue weighted by atomic mass is 9.45. The Kier molecular flexibility index (Phi) is 5.99. The fraction of sp³-hybridized carbons (Fsp3) is 0.926. The molecule has 0 aromatic heterocycles. The molecule has 3 saturated carbocycles. The molecule has 0 aliphatic heterocycles. The van der Waals surface area contributed by atoms with Crippen LogP contribution in [0.5, 0.6) is 0 Å². The summed E-state index contributed by atoms with van der Waals surface area (Å²) < 4.78 is 0. The maximum atomic E-state index is 11.6. The van der Waals surface area contributed by atoms with Gasteiger partial charge in [0.15, 0.2) is 5.79 Å². The van der Waals surface area contributed by atoms with Gasteiger partial charge in [0, 0.05) is 12.3 Å². The van der Waals surface area contributed by atoms with Gasteiger partial charge in [0.1, 0.15) is 0 Å². The predicted octanol–water partition coefficient (Wildman–Crippen LogP) is 5.68. The molecule has 3 nitrogen and oxygen atoms in total. The summed E-state index contributed by atoms with van der Waals surface area (Å²) in [5.74, 6) is 1.27. The van der Waals surface area contributed by atoms with Crippen molar-refractivity contribution in [3.05, 3.63) is 11.6 Å². The first-order chi connectivity index (χ1) is 14.0. The van der Waals surface area contributed by atoms with E-state index in [9.17, 15) is 15.3 Å². The molecule has 3 heteroatoms. The van der Waals surface area contributed by atoms with Crippen LogP contribution in [0, 0.1) is 46.3 Å². The van der Waals surface area contributed by atoms with Crippen LogP contribution in [-0.2, 0) is 0 Å². The van der Waals surface area contributed by atoms with Crippen molar-refractivity contribution in [2.45, 2.75) is 111 Å². The highest BCUT2D eigenvalue weighted by Crippen LogP contribution is 2.69. The third-order valence-corrected chi connectivity index (χ3v) is 10.2. The molecule has 4 rings (SSSR count). The molecule has 8 atom stereocenters. The van der Waals surface area contributed by atoms with Crippen LogP contribution < -0.4 is 0 Å². The largest absolute Gasteiger partial charge is 0.393 e. The molecule has 0 spiro atoms. The Hall–Kier alpha value is -0.380. The van der Waals surface area contributed by atoms with E-state index < -0.39 is 5.79 Å². The van der Waals surface area contributed by atoms with E-state index in [1.807, 2.05) is 0 Å². The Balaban J connectivity index is 1.59. The molecule has 0 unspecified atom stereocenters. The Labute approximate surface area is 184 Å². The SMILES string of the molecule is CC(C)CCC[C@@H](C)[C@H]1CC[C@H]2[C@@H]3CC=C4C[C@@H](O)CC[C@]4(C)[C@H]3C(O)(O)C[C@]12C. The number of fused-ring (bicyclic) bond motifs is 5. The van der Waals surface area contributed by atoms with Crippen LogP contribution in [0.25, 0.3) is 0 Å². The van der Waals surface area contributed by atoms with Crippen molar-refractivity contribution in [1.29, 1.82) is 0 Å². The van der Waals surface area contributed by atoms with Gasteiger partial charge in [0.05, 0.1) is 6.10 Å². The summed E-state index contributed by atoms with van der Waals surface area (Å²) in [5.41, 5.74) is 1.14. The molecule has 4 aliphatic carbocycles. The van der Waals surface area contributed by atoms with E-state index >= 15 is 0 Å². The van der Waals surface area contributed by atoms with Crippen LogP contribution in [0.15, 0.2) is 11.6 Å². The van der Waals surface area contributed by atoms with Crippen molar-refractivity contribution in [3.8, 4) is 0 Å². The summed E-state index contributed by atoms with van der Waals surface area (Å²) in [5, 5.41) is 33.3. The van der Waals surface area contributed by atoms with Crippen molar-refractivity contribution in [2.24, 2.45) is 46.3 Å². The molecular formula is C27H46O3. The third-order valence-electron chi connectivity index (χ3n) is 10.2. The lowest BCUT2D eigenvalue weighted by Gasteiger charge is -2.62. The van der Waals surface area contributed by atoms with Gasteiger partial charge in [0.25, 0.3) is 0 Å². The molecule has 3 N–H and O–H groups in total. The lowest BCUT2D eigenvalue weighted by molar-refractivity contribution is -0.295. The highest BCUT2D eigenvalue weighted by molar-refractivity contribution is 5.27. The molecule has 30 heavy (non-hydrogen) atoms. The molecule has 0 radical (unpaired) electrons. The molecule has 0 amide bonds. The third kappa shape index (κ3) is 3.61. The van der Waals surface area contributed by atoms with E-state index in [0.29, 0.717) is 36.5 Å². The first-order valence-corrected chi connectivity index (χ1v) is 12.8. The Morgan fingerprint density at radius 2 is 1.80 bits per heavy atom. The van der Waals surface area contributed by atoms with Gasteiger partial charge in [0.2, 0.25) is 0 Å². The monoisotopic (exact) mass is 418 g/mol. The predicted molar refractivity (Wildman–Crippen MR) is 122 cm³/mol. The number of allylic oxidation sites excluding steroid dienone is 1. The smallest absolute Gasteiger partial charge is 0.167 e. The molecule has 0 heterocycles. The summed E-state index contributed by atoms with van der Waals surface area (Å²) in [4.78, 5) is 0. The Morgan fingerprint density at radius 1 is 1.07 bits per heavy atom. The molecule has 0 bridgehead atoms. The van der Waals surface area contributed by atoms with Gasteiger partial charge in [-0.1, -0.05) is 65.5 Å². The fourth-order valence-electron chi connectivity index (χ4n) is 8.94. The van der Waals surface area contributed by atoms with Crippen molar-refractivity contribution in [2.75, 3.05) is 0 Å². The fourth-order valence-corrected chi connectivity index (χ4v) is 8.94. The van der Waals surface area contributed by atoms with Gasteiger partial charge < -0.3 is 15.3 Å². The molecule has 0 saturated heterocycles. The first-order valence-electron chi connectivity index (χ1n) is 12.8. The first kappa shape index (κ1) is 22.8. The molecular weight excluding hydrogens is 372 g/mol. The summed E-state index contributed by atoms with van der Waals surface area (Å²) in [7, 11) is 0. The van der Waals surface area contributed by atoms with E-state index in [2.05, 4.69) is 40.7 Å². The van der Waals surface area contributed by atoms with Gasteiger partial charge in [-0.05, 0) is 78.9 Å². The van der Waals surface area contributed by atoms with Gasteiger partial charge in [-0.15, -0.1) is 0 Å². The van der Waals surface area contributed by atoms with E-state index in [4.69, 9.17) is 0 Å². The molecule has 0 aromatic rings. The maximum Gasteiger partial charge on any atom is 0.167 e. The van der Waals surface area contributed by atoms with E-state index in [0.717, 1.165) is 25.2 Å².